The van der Waals surface area contributed by atoms with E-state index in [4.69, 9.17) is 25.1 Å². The molecule has 2 heterocycles. The first kappa shape index (κ1) is 31.3. The predicted molar refractivity (Wildman–Crippen MR) is 125 cm³/mol. The molecule has 2 aliphatic heterocycles. The number of aliphatic hydroxyl groups excluding tert-OH is 3. The Hall–Kier alpha value is -2.89. The number of amides is 4. The van der Waals surface area contributed by atoms with Gasteiger partial charge < -0.3 is 56.3 Å². The number of carbonyl (C=O) groups excluding carboxylic acids is 4. The van der Waals surface area contributed by atoms with Gasteiger partial charge in [-0.15, -0.1) is 0 Å². The lowest BCUT2D eigenvalue weighted by molar-refractivity contribution is -0.266. The first-order valence-electron chi connectivity index (χ1n) is 12.2. The van der Waals surface area contributed by atoms with Gasteiger partial charge in [0.1, 0.15) is 48.6 Å². The topological polar surface area (TPSA) is 256 Å². The average molecular weight is 549 g/mol. The van der Waals surface area contributed by atoms with Crippen LogP contribution in [0.3, 0.4) is 0 Å². The minimum atomic E-state index is -1.69. The second kappa shape index (κ2) is 14.3. The summed E-state index contributed by atoms with van der Waals surface area (Å²) in [4.78, 5) is 60.0. The van der Waals surface area contributed by atoms with Crippen molar-refractivity contribution >= 4 is 29.6 Å². The molecule has 0 saturated carbocycles. The molecule has 0 spiro atoms. The van der Waals surface area contributed by atoms with Crippen molar-refractivity contribution in [1.29, 1.82) is 0 Å². The summed E-state index contributed by atoms with van der Waals surface area (Å²) in [7, 11) is 0. The van der Waals surface area contributed by atoms with Gasteiger partial charge >= 0.3 is 5.97 Å². The summed E-state index contributed by atoms with van der Waals surface area (Å²) in [6.45, 7) is 2.29. The Bertz CT molecular complexity index is 867. The van der Waals surface area contributed by atoms with Crippen molar-refractivity contribution in [3.05, 3.63) is 0 Å². The summed E-state index contributed by atoms with van der Waals surface area (Å²) < 4.78 is 16.2. The molecule has 2 rings (SSSR count). The van der Waals surface area contributed by atoms with Gasteiger partial charge in [-0.05, 0) is 33.1 Å². The molecule has 2 saturated heterocycles. The standard InChI is InChI=1S/C22H36N4O12/c1-9(19(32)25-11(18(23)31)5-6-14(28)29)24-20(33)10(2)37-17-15(22(35)38-13(8-27)16(17)30)26-21(34)12-4-3-7-36-12/h9-13,15-17,22,27,30,35H,3-8H2,1-2H3,(H2,23,31)(H,24,33)(H,25,32)(H,26,34)(H,28,29)/t9-,10+,11+,12?,13+,15+,16+,17+,22?/m0/s1. The normalized spacial score (nSPS) is 29.5. The van der Waals surface area contributed by atoms with Crippen LogP contribution in [-0.2, 0) is 38.2 Å². The third-order valence-corrected chi connectivity index (χ3v) is 6.19. The highest BCUT2D eigenvalue weighted by Crippen LogP contribution is 2.24. The molecule has 2 aliphatic rings. The van der Waals surface area contributed by atoms with E-state index >= 15 is 0 Å². The Balaban J connectivity index is 2.03. The van der Waals surface area contributed by atoms with Crippen molar-refractivity contribution in [3.8, 4) is 0 Å². The number of aliphatic hydroxyl groups is 3. The smallest absolute Gasteiger partial charge is 0.303 e. The van der Waals surface area contributed by atoms with E-state index in [9.17, 15) is 39.3 Å². The van der Waals surface area contributed by atoms with E-state index in [1.807, 2.05) is 0 Å². The monoisotopic (exact) mass is 548 g/mol. The molecule has 4 amide bonds. The number of nitrogens with one attached hydrogen (secondary N) is 3. The number of hydrogen-bond acceptors (Lipinski definition) is 11. The number of rotatable bonds is 13. The third-order valence-electron chi connectivity index (χ3n) is 6.19. The van der Waals surface area contributed by atoms with Crippen molar-refractivity contribution in [1.82, 2.24) is 16.0 Å². The lowest BCUT2D eigenvalue weighted by Crippen LogP contribution is -2.66. The fraction of sp³-hybridized carbons (Fsp3) is 0.773. The van der Waals surface area contributed by atoms with Crippen LogP contribution in [0.15, 0.2) is 0 Å². The molecule has 2 unspecified atom stereocenters. The van der Waals surface area contributed by atoms with E-state index in [1.54, 1.807) is 0 Å². The van der Waals surface area contributed by atoms with E-state index < -0.39 is 97.6 Å². The van der Waals surface area contributed by atoms with Gasteiger partial charge in [0.15, 0.2) is 6.29 Å². The van der Waals surface area contributed by atoms with Gasteiger partial charge in [0, 0.05) is 13.0 Å². The zero-order chi connectivity index (χ0) is 28.6. The van der Waals surface area contributed by atoms with Crippen LogP contribution >= 0.6 is 0 Å². The maximum Gasteiger partial charge on any atom is 0.303 e. The van der Waals surface area contributed by atoms with Crippen LogP contribution in [0.2, 0.25) is 0 Å². The molecule has 0 aliphatic carbocycles. The lowest BCUT2D eigenvalue weighted by Gasteiger charge is -2.43. The van der Waals surface area contributed by atoms with E-state index in [1.165, 1.54) is 13.8 Å². The van der Waals surface area contributed by atoms with Gasteiger partial charge in [-0.1, -0.05) is 0 Å². The van der Waals surface area contributed by atoms with Gasteiger partial charge in [0.2, 0.25) is 23.6 Å². The summed E-state index contributed by atoms with van der Waals surface area (Å²) in [6, 6.07) is -3.80. The van der Waals surface area contributed by atoms with Gasteiger partial charge in [0.25, 0.3) is 0 Å². The highest BCUT2D eigenvalue weighted by atomic mass is 16.6. The van der Waals surface area contributed by atoms with Gasteiger partial charge in [-0.25, -0.2) is 0 Å². The highest BCUT2D eigenvalue weighted by Gasteiger charge is 2.47. The molecule has 9 atom stereocenters. The summed E-state index contributed by atoms with van der Waals surface area (Å²) in [5, 5.41) is 46.5. The summed E-state index contributed by atoms with van der Waals surface area (Å²) in [6.07, 6.45) is -7.57. The number of ether oxygens (including phenoxy) is 3. The Morgan fingerprint density at radius 2 is 1.79 bits per heavy atom. The molecule has 16 nitrogen and oxygen atoms in total. The van der Waals surface area contributed by atoms with Crippen molar-refractivity contribution < 1.29 is 58.6 Å². The van der Waals surface area contributed by atoms with Crippen molar-refractivity contribution in [2.45, 2.75) is 94.5 Å². The molecule has 0 aromatic heterocycles. The van der Waals surface area contributed by atoms with Gasteiger partial charge in [-0.2, -0.15) is 0 Å². The molecular weight excluding hydrogens is 512 g/mol. The summed E-state index contributed by atoms with van der Waals surface area (Å²) in [5.74, 6) is -4.36. The number of aliphatic carboxylic acids is 1. The fourth-order valence-corrected chi connectivity index (χ4v) is 3.99. The van der Waals surface area contributed by atoms with Crippen LogP contribution in [0.25, 0.3) is 0 Å². The Labute approximate surface area is 218 Å². The van der Waals surface area contributed by atoms with E-state index in [-0.39, 0.29) is 6.42 Å². The molecule has 216 valence electrons. The molecule has 0 aromatic carbocycles. The van der Waals surface area contributed by atoms with Gasteiger partial charge in [-0.3, -0.25) is 24.0 Å². The van der Waals surface area contributed by atoms with Crippen molar-refractivity contribution in [2.24, 2.45) is 5.73 Å². The quantitative estimate of drug-likeness (QED) is 0.109. The first-order valence-corrected chi connectivity index (χ1v) is 12.2. The number of carboxylic acid groups (broad SMARTS) is 1. The number of nitrogens with two attached hydrogens (primary N) is 1. The van der Waals surface area contributed by atoms with E-state index in [2.05, 4.69) is 16.0 Å². The first-order chi connectivity index (χ1) is 17.8. The molecule has 2 fully saturated rings. The highest BCUT2D eigenvalue weighted by molar-refractivity contribution is 5.92. The zero-order valence-corrected chi connectivity index (χ0v) is 21.1. The van der Waals surface area contributed by atoms with Crippen LogP contribution in [-0.4, -0.2) is 118 Å². The maximum atomic E-state index is 12.7. The number of carbonyl (C=O) groups is 5. The van der Waals surface area contributed by atoms with E-state index in [0.29, 0.717) is 19.4 Å². The molecule has 0 radical (unpaired) electrons. The molecule has 0 aromatic rings. The Kier molecular flexibility index (Phi) is 11.8. The van der Waals surface area contributed by atoms with Crippen molar-refractivity contribution in [3.63, 3.8) is 0 Å². The number of carboxylic acids is 1. The number of primary amides is 1. The number of hydrogen-bond donors (Lipinski definition) is 8. The third kappa shape index (κ3) is 8.57. The van der Waals surface area contributed by atoms with E-state index in [0.717, 1.165) is 0 Å². The Morgan fingerprint density at radius 1 is 1.11 bits per heavy atom. The van der Waals surface area contributed by atoms with Crippen LogP contribution in [0.1, 0.15) is 39.5 Å². The van der Waals surface area contributed by atoms with Crippen LogP contribution in [0.5, 0.6) is 0 Å². The predicted octanol–water partition coefficient (Wildman–Crippen LogP) is -4.17. The molecule has 38 heavy (non-hydrogen) atoms. The minimum absolute atomic E-state index is 0.244. The fourth-order valence-electron chi connectivity index (χ4n) is 3.99. The summed E-state index contributed by atoms with van der Waals surface area (Å²) in [5.41, 5.74) is 5.20. The zero-order valence-electron chi connectivity index (χ0n) is 21.1. The minimum Gasteiger partial charge on any atom is -0.481 e. The SMILES string of the molecule is C[C@H](NC(=O)[C@@H](C)O[C@H]1[C@H](O)[C@@H](CO)OC(O)[C@@H]1NC(=O)C1CCCO1)C(=O)N[C@H](CCC(=O)O)C(N)=O. The Morgan fingerprint density at radius 3 is 2.34 bits per heavy atom. The molecule has 16 heteroatoms. The van der Waals surface area contributed by atoms with Crippen molar-refractivity contribution in [2.75, 3.05) is 13.2 Å². The molecule has 0 bridgehead atoms. The molecule has 9 N–H and O–H groups in total. The maximum absolute atomic E-state index is 12.7. The van der Waals surface area contributed by atoms with Gasteiger partial charge in [0.05, 0.1) is 6.61 Å². The second-order valence-electron chi connectivity index (χ2n) is 9.14. The van der Waals surface area contributed by atoms with Crippen LogP contribution in [0.4, 0.5) is 0 Å². The largest absolute Gasteiger partial charge is 0.481 e. The average Bonchev–Trinajstić information content (AvgIpc) is 3.40. The lowest BCUT2D eigenvalue weighted by atomic mass is 9.96. The van der Waals surface area contributed by atoms with Crippen LogP contribution in [0, 0.1) is 0 Å². The molecular formula is C22H36N4O12. The van der Waals surface area contributed by atoms with Crippen LogP contribution < -0.4 is 21.7 Å². The summed E-state index contributed by atoms with van der Waals surface area (Å²) >= 11 is 0. The second-order valence-corrected chi connectivity index (χ2v) is 9.14.